The molecule has 0 aliphatic heterocycles. The summed E-state index contributed by atoms with van der Waals surface area (Å²) in [5.74, 6) is 0.747. The Hall–Kier alpha value is -0.440. The monoisotopic (exact) mass is 300 g/mol. The van der Waals surface area contributed by atoms with Crippen LogP contribution in [0, 0.1) is 5.41 Å². The van der Waals surface area contributed by atoms with E-state index in [2.05, 4.69) is 0 Å². The van der Waals surface area contributed by atoms with Gasteiger partial charge in [0.05, 0.1) is 16.1 Å². The first-order chi connectivity index (χ1) is 9.12. The highest BCUT2D eigenvalue weighted by atomic mass is 35.5. The molecule has 2 fully saturated rings. The van der Waals surface area contributed by atoms with E-state index in [1.54, 1.807) is 12.1 Å². The molecule has 0 amide bonds. The molecule has 0 bridgehead atoms. The molecule has 2 nitrogen and oxygen atoms in total. The lowest BCUT2D eigenvalue weighted by atomic mass is 9.56. The van der Waals surface area contributed by atoms with Gasteiger partial charge in [0.1, 0.15) is 11.9 Å². The Morgan fingerprint density at radius 2 is 1.84 bits per heavy atom. The van der Waals surface area contributed by atoms with Gasteiger partial charge in [-0.1, -0.05) is 42.5 Å². The van der Waals surface area contributed by atoms with Gasteiger partial charge in [-0.05, 0) is 25.0 Å². The van der Waals surface area contributed by atoms with Gasteiger partial charge in [-0.2, -0.15) is 0 Å². The Morgan fingerprint density at radius 1 is 1.11 bits per heavy atom. The topological polar surface area (TPSA) is 29.5 Å². The summed E-state index contributed by atoms with van der Waals surface area (Å²) in [5, 5.41) is 11.2. The third-order valence-corrected chi connectivity index (χ3v) is 5.44. The van der Waals surface area contributed by atoms with Crippen LogP contribution in [-0.4, -0.2) is 17.3 Å². The van der Waals surface area contributed by atoms with E-state index in [0.29, 0.717) is 10.0 Å². The summed E-state index contributed by atoms with van der Waals surface area (Å²) >= 11 is 11.9. The number of aliphatic hydroxyl groups excluding tert-OH is 1. The first kappa shape index (κ1) is 13.5. The van der Waals surface area contributed by atoms with Gasteiger partial charge >= 0.3 is 0 Å². The van der Waals surface area contributed by atoms with Crippen LogP contribution in [0.15, 0.2) is 18.2 Å². The van der Waals surface area contributed by atoms with Crippen molar-refractivity contribution in [2.45, 2.75) is 50.7 Å². The molecule has 2 atom stereocenters. The molecule has 1 spiro atoms. The maximum absolute atomic E-state index is 10.1. The minimum absolute atomic E-state index is 0.0235. The molecular weight excluding hydrogens is 283 g/mol. The largest absolute Gasteiger partial charge is 0.490 e. The number of hydrogen-bond donors (Lipinski definition) is 1. The van der Waals surface area contributed by atoms with Crippen LogP contribution in [0.4, 0.5) is 0 Å². The fourth-order valence-corrected chi connectivity index (χ4v) is 3.76. The summed E-state index contributed by atoms with van der Waals surface area (Å²) in [7, 11) is 0. The maximum atomic E-state index is 10.1. The fourth-order valence-electron chi connectivity index (χ4n) is 3.47. The second-order valence-electron chi connectivity index (χ2n) is 5.73. The van der Waals surface area contributed by atoms with E-state index in [1.807, 2.05) is 6.07 Å². The maximum Gasteiger partial charge on any atom is 0.121 e. The molecular formula is C15H18Cl2O2. The zero-order valence-corrected chi connectivity index (χ0v) is 12.3. The Labute approximate surface area is 123 Å². The molecule has 2 saturated carbocycles. The highest BCUT2D eigenvalue weighted by Gasteiger charge is 2.56. The number of halogens is 2. The summed E-state index contributed by atoms with van der Waals surface area (Å²) in [6.07, 6.45) is 6.42. The zero-order chi connectivity index (χ0) is 13.5. The van der Waals surface area contributed by atoms with Gasteiger partial charge < -0.3 is 9.84 Å². The SMILES string of the molecule is OC1CC(Oc2ccc(Cl)c(Cl)c2)C12CCCCC2. The Kier molecular flexibility index (Phi) is 3.67. The normalized spacial score (nSPS) is 29.0. The van der Waals surface area contributed by atoms with Crippen LogP contribution in [-0.2, 0) is 0 Å². The summed E-state index contributed by atoms with van der Waals surface area (Å²) in [6.45, 7) is 0. The molecule has 2 unspecified atom stereocenters. The molecule has 2 aliphatic carbocycles. The molecule has 1 aromatic rings. The first-order valence-electron chi connectivity index (χ1n) is 6.91. The first-order valence-corrected chi connectivity index (χ1v) is 7.67. The molecule has 0 heterocycles. The molecule has 3 rings (SSSR count). The number of ether oxygens (including phenoxy) is 1. The van der Waals surface area contributed by atoms with E-state index in [0.717, 1.165) is 25.0 Å². The summed E-state index contributed by atoms with van der Waals surface area (Å²) in [5.41, 5.74) is -0.0235. The van der Waals surface area contributed by atoms with E-state index >= 15 is 0 Å². The second-order valence-corrected chi connectivity index (χ2v) is 6.54. The standard InChI is InChI=1S/C15H18Cl2O2/c16-11-5-4-10(8-12(11)17)19-14-9-13(18)15(14)6-2-1-3-7-15/h4-5,8,13-14,18H,1-3,6-7,9H2. The molecule has 104 valence electrons. The Morgan fingerprint density at radius 3 is 2.47 bits per heavy atom. The van der Waals surface area contributed by atoms with E-state index in [1.165, 1.54) is 19.3 Å². The molecule has 19 heavy (non-hydrogen) atoms. The van der Waals surface area contributed by atoms with Gasteiger partial charge in [-0.25, -0.2) is 0 Å². The van der Waals surface area contributed by atoms with Crippen molar-refractivity contribution in [3.05, 3.63) is 28.2 Å². The van der Waals surface area contributed by atoms with Crippen molar-refractivity contribution in [1.29, 1.82) is 0 Å². The van der Waals surface area contributed by atoms with Crippen LogP contribution in [0.3, 0.4) is 0 Å². The third kappa shape index (κ3) is 2.35. The molecule has 0 aromatic heterocycles. The third-order valence-electron chi connectivity index (χ3n) is 4.70. The lowest BCUT2D eigenvalue weighted by Gasteiger charge is -2.55. The van der Waals surface area contributed by atoms with Gasteiger partial charge in [-0.15, -0.1) is 0 Å². The van der Waals surface area contributed by atoms with Gasteiger partial charge in [0, 0.05) is 17.9 Å². The minimum Gasteiger partial charge on any atom is -0.490 e. The molecule has 0 saturated heterocycles. The van der Waals surface area contributed by atoms with Crippen molar-refractivity contribution in [2.75, 3.05) is 0 Å². The molecule has 4 heteroatoms. The predicted octanol–water partition coefficient (Wildman–Crippen LogP) is 4.46. The van der Waals surface area contributed by atoms with Crippen LogP contribution < -0.4 is 4.74 Å². The highest BCUT2D eigenvalue weighted by molar-refractivity contribution is 6.42. The van der Waals surface area contributed by atoms with E-state index in [4.69, 9.17) is 27.9 Å². The van der Waals surface area contributed by atoms with Crippen molar-refractivity contribution < 1.29 is 9.84 Å². The van der Waals surface area contributed by atoms with Crippen LogP contribution in [0.2, 0.25) is 10.0 Å². The second kappa shape index (κ2) is 5.16. The predicted molar refractivity (Wildman–Crippen MR) is 77.0 cm³/mol. The van der Waals surface area contributed by atoms with Crippen molar-refractivity contribution in [3.8, 4) is 5.75 Å². The smallest absolute Gasteiger partial charge is 0.121 e. The van der Waals surface area contributed by atoms with Crippen LogP contribution in [0.25, 0.3) is 0 Å². The Bertz CT molecular complexity index is 469. The number of rotatable bonds is 2. The molecule has 0 radical (unpaired) electrons. The van der Waals surface area contributed by atoms with Crippen LogP contribution in [0.5, 0.6) is 5.75 Å². The summed E-state index contributed by atoms with van der Waals surface area (Å²) < 4.78 is 6.05. The van der Waals surface area contributed by atoms with Gasteiger partial charge in [0.15, 0.2) is 0 Å². The fraction of sp³-hybridized carbons (Fsp3) is 0.600. The van der Waals surface area contributed by atoms with Gasteiger partial charge in [-0.3, -0.25) is 0 Å². The average Bonchev–Trinajstić information content (AvgIpc) is 2.43. The van der Waals surface area contributed by atoms with Gasteiger partial charge in [0.2, 0.25) is 0 Å². The van der Waals surface area contributed by atoms with Crippen LogP contribution >= 0.6 is 23.2 Å². The average molecular weight is 301 g/mol. The summed E-state index contributed by atoms with van der Waals surface area (Å²) in [4.78, 5) is 0. The lowest BCUT2D eigenvalue weighted by molar-refractivity contribution is -0.172. The van der Waals surface area contributed by atoms with Crippen molar-refractivity contribution >= 4 is 23.2 Å². The molecule has 2 aliphatic rings. The van der Waals surface area contributed by atoms with Crippen molar-refractivity contribution in [3.63, 3.8) is 0 Å². The number of aliphatic hydroxyl groups is 1. The molecule has 1 aromatic carbocycles. The van der Waals surface area contributed by atoms with E-state index in [9.17, 15) is 5.11 Å². The van der Waals surface area contributed by atoms with Crippen molar-refractivity contribution in [2.24, 2.45) is 5.41 Å². The van der Waals surface area contributed by atoms with Gasteiger partial charge in [0.25, 0.3) is 0 Å². The quantitative estimate of drug-likeness (QED) is 0.874. The molecule has 1 N–H and O–H groups in total. The van der Waals surface area contributed by atoms with Crippen molar-refractivity contribution in [1.82, 2.24) is 0 Å². The highest BCUT2D eigenvalue weighted by Crippen LogP contribution is 2.53. The van der Waals surface area contributed by atoms with Crippen LogP contribution in [0.1, 0.15) is 38.5 Å². The zero-order valence-electron chi connectivity index (χ0n) is 10.7. The van der Waals surface area contributed by atoms with E-state index in [-0.39, 0.29) is 17.6 Å². The lowest BCUT2D eigenvalue weighted by Crippen LogP contribution is -2.60. The number of hydrogen-bond acceptors (Lipinski definition) is 2. The summed E-state index contributed by atoms with van der Waals surface area (Å²) in [6, 6.07) is 5.35. The minimum atomic E-state index is -0.208. The van der Waals surface area contributed by atoms with E-state index < -0.39 is 0 Å². The Balaban J connectivity index is 1.74. The number of benzene rings is 1.